The van der Waals surface area contributed by atoms with Crippen LogP contribution in [0, 0.1) is 0 Å². The fraction of sp³-hybridized carbons (Fsp3) is 0.0500. The second-order valence-corrected chi connectivity index (χ2v) is 5.62. The van der Waals surface area contributed by atoms with Gasteiger partial charge in [0.25, 0.3) is 0 Å². The van der Waals surface area contributed by atoms with Crippen LogP contribution in [0.3, 0.4) is 0 Å². The van der Waals surface area contributed by atoms with E-state index < -0.39 is 0 Å². The largest absolute Gasteiger partial charge is 0.399 e. The number of hydrogen-bond donors (Lipinski definition) is 1. The molecule has 0 atom stereocenters. The molecule has 0 fully saturated rings. The Kier molecular flexibility index (Phi) is 2.83. The highest BCUT2D eigenvalue weighted by Crippen LogP contribution is 2.34. The van der Waals surface area contributed by atoms with Crippen molar-refractivity contribution < 1.29 is 4.79 Å². The highest BCUT2D eigenvalue weighted by atomic mass is 16.1. The van der Waals surface area contributed by atoms with Crippen LogP contribution >= 0.6 is 0 Å². The number of hydrogen-bond acceptors (Lipinski definition) is 2. The van der Waals surface area contributed by atoms with E-state index in [0.29, 0.717) is 0 Å². The van der Waals surface area contributed by atoms with E-state index >= 15 is 0 Å². The van der Waals surface area contributed by atoms with Crippen molar-refractivity contribution in [1.82, 2.24) is 0 Å². The first-order valence-corrected chi connectivity index (χ1v) is 7.34. The lowest BCUT2D eigenvalue weighted by Gasteiger charge is -2.21. The molecular formula is C20H15NO. The molecule has 0 saturated carbocycles. The van der Waals surface area contributed by atoms with Crippen LogP contribution in [0.4, 0.5) is 5.69 Å². The Labute approximate surface area is 129 Å². The molecule has 2 nitrogen and oxygen atoms in total. The number of carbonyl (C=O) groups is 1. The molecule has 106 valence electrons. The number of carbonyl (C=O) groups excluding carboxylic acids is 1. The summed E-state index contributed by atoms with van der Waals surface area (Å²) in [5.74, 6) is 0.115. The Morgan fingerprint density at radius 2 is 1.41 bits per heavy atom. The second kappa shape index (κ2) is 4.85. The van der Waals surface area contributed by atoms with Crippen LogP contribution in [-0.4, -0.2) is 5.78 Å². The smallest absolute Gasteiger partial charge is 0.194 e. The van der Waals surface area contributed by atoms with E-state index in [1.807, 2.05) is 66.7 Å². The van der Waals surface area contributed by atoms with E-state index in [1.165, 1.54) is 0 Å². The van der Waals surface area contributed by atoms with Crippen LogP contribution in [0.1, 0.15) is 27.0 Å². The van der Waals surface area contributed by atoms with Crippen molar-refractivity contribution in [2.24, 2.45) is 0 Å². The summed E-state index contributed by atoms with van der Waals surface area (Å²) >= 11 is 0. The summed E-state index contributed by atoms with van der Waals surface area (Å²) in [6, 6.07) is 21.6. The lowest BCUT2D eigenvalue weighted by atomic mass is 9.81. The first kappa shape index (κ1) is 12.8. The van der Waals surface area contributed by atoms with Gasteiger partial charge < -0.3 is 5.73 Å². The molecule has 1 aliphatic rings. The van der Waals surface area contributed by atoms with Crippen LogP contribution in [0.2, 0.25) is 0 Å². The fourth-order valence-electron chi connectivity index (χ4n) is 3.15. The minimum atomic E-state index is 0.115. The van der Waals surface area contributed by atoms with Crippen molar-refractivity contribution >= 4 is 11.5 Å². The van der Waals surface area contributed by atoms with E-state index in [1.54, 1.807) is 0 Å². The van der Waals surface area contributed by atoms with E-state index in [2.05, 4.69) is 0 Å². The molecular weight excluding hydrogens is 270 g/mol. The Hall–Kier alpha value is -2.87. The number of nitrogens with two attached hydrogens (primary N) is 1. The number of ketones is 1. The minimum Gasteiger partial charge on any atom is -0.399 e. The van der Waals surface area contributed by atoms with Gasteiger partial charge in [-0.25, -0.2) is 0 Å². The van der Waals surface area contributed by atoms with E-state index in [-0.39, 0.29) is 5.78 Å². The number of anilines is 1. The summed E-state index contributed by atoms with van der Waals surface area (Å²) in [7, 11) is 0. The zero-order chi connectivity index (χ0) is 15.1. The highest BCUT2D eigenvalue weighted by Gasteiger charge is 2.25. The summed E-state index contributed by atoms with van der Waals surface area (Å²) in [5, 5.41) is 0. The van der Waals surface area contributed by atoms with Gasteiger partial charge in [-0.3, -0.25) is 4.79 Å². The van der Waals surface area contributed by atoms with Crippen molar-refractivity contribution in [2.75, 3.05) is 5.73 Å². The van der Waals surface area contributed by atoms with Crippen molar-refractivity contribution in [3.63, 3.8) is 0 Å². The summed E-state index contributed by atoms with van der Waals surface area (Å²) in [6.45, 7) is 0. The molecule has 4 rings (SSSR count). The molecule has 0 spiro atoms. The topological polar surface area (TPSA) is 43.1 Å². The van der Waals surface area contributed by atoms with Gasteiger partial charge in [-0.2, -0.15) is 0 Å². The van der Waals surface area contributed by atoms with Crippen molar-refractivity contribution in [3.8, 4) is 11.1 Å². The van der Waals surface area contributed by atoms with Gasteiger partial charge >= 0.3 is 0 Å². The first-order chi connectivity index (χ1) is 10.7. The van der Waals surface area contributed by atoms with Gasteiger partial charge in [-0.05, 0) is 40.8 Å². The maximum atomic E-state index is 12.9. The van der Waals surface area contributed by atoms with Gasteiger partial charge in [0.15, 0.2) is 5.78 Å². The zero-order valence-corrected chi connectivity index (χ0v) is 12.0. The summed E-state index contributed by atoms with van der Waals surface area (Å²) in [5.41, 5.74) is 12.3. The summed E-state index contributed by atoms with van der Waals surface area (Å²) in [4.78, 5) is 12.9. The first-order valence-electron chi connectivity index (χ1n) is 7.34. The van der Waals surface area contributed by atoms with E-state index in [4.69, 9.17) is 5.73 Å². The number of nitrogen functional groups attached to an aromatic ring is 1. The lowest BCUT2D eigenvalue weighted by molar-refractivity contribution is 0.103. The standard InChI is InChI=1S/C20H15NO/c21-16-10-8-13(9-11-16)17-7-3-5-15-12-14-4-1-2-6-18(14)20(22)19(15)17/h1-11H,12,21H2. The average Bonchev–Trinajstić information content (AvgIpc) is 2.55. The van der Waals surface area contributed by atoms with Crippen molar-refractivity contribution in [2.45, 2.75) is 6.42 Å². The van der Waals surface area contributed by atoms with Gasteiger partial charge in [-0.1, -0.05) is 54.6 Å². The highest BCUT2D eigenvalue weighted by molar-refractivity contribution is 6.16. The second-order valence-electron chi connectivity index (χ2n) is 5.62. The Balaban J connectivity index is 1.92. The third kappa shape index (κ3) is 1.92. The molecule has 1 aliphatic carbocycles. The molecule has 0 saturated heterocycles. The summed E-state index contributed by atoms with van der Waals surface area (Å²) < 4.78 is 0. The SMILES string of the molecule is Nc1ccc(-c2cccc3c2C(=O)c2ccccc2C3)cc1. The predicted molar refractivity (Wildman–Crippen MR) is 89.0 cm³/mol. The number of fused-ring (bicyclic) bond motifs is 2. The van der Waals surface area contributed by atoms with Crippen molar-refractivity contribution in [3.05, 3.63) is 89.0 Å². The molecule has 2 heteroatoms. The molecule has 0 unspecified atom stereocenters. The average molecular weight is 285 g/mol. The van der Waals surface area contributed by atoms with Gasteiger partial charge in [0.1, 0.15) is 0 Å². The molecule has 3 aromatic carbocycles. The molecule has 0 aromatic heterocycles. The van der Waals surface area contributed by atoms with Crippen LogP contribution in [-0.2, 0) is 6.42 Å². The number of rotatable bonds is 1. The Bertz CT molecular complexity index is 878. The number of benzene rings is 3. The van der Waals surface area contributed by atoms with Crippen LogP contribution < -0.4 is 5.73 Å². The minimum absolute atomic E-state index is 0.115. The fourth-order valence-corrected chi connectivity index (χ4v) is 3.15. The Morgan fingerprint density at radius 1 is 0.727 bits per heavy atom. The molecule has 0 radical (unpaired) electrons. The van der Waals surface area contributed by atoms with Crippen molar-refractivity contribution in [1.29, 1.82) is 0 Å². The molecule has 2 N–H and O–H groups in total. The third-order valence-electron chi connectivity index (χ3n) is 4.24. The lowest BCUT2D eigenvalue weighted by Crippen LogP contribution is -2.16. The van der Waals surface area contributed by atoms with Gasteiger partial charge in [0, 0.05) is 16.8 Å². The quantitative estimate of drug-likeness (QED) is 0.536. The zero-order valence-electron chi connectivity index (χ0n) is 12.0. The van der Waals surface area contributed by atoms with Gasteiger partial charge in [0.2, 0.25) is 0 Å². The molecule has 0 aliphatic heterocycles. The maximum Gasteiger partial charge on any atom is 0.194 e. The van der Waals surface area contributed by atoms with E-state index in [9.17, 15) is 4.79 Å². The van der Waals surface area contributed by atoms with E-state index in [0.717, 1.165) is 45.5 Å². The predicted octanol–water partition coefficient (Wildman–Crippen LogP) is 4.07. The monoisotopic (exact) mass is 285 g/mol. The maximum absolute atomic E-state index is 12.9. The third-order valence-corrected chi connectivity index (χ3v) is 4.24. The van der Waals surface area contributed by atoms with Gasteiger partial charge in [-0.15, -0.1) is 0 Å². The molecule has 3 aromatic rings. The normalized spacial score (nSPS) is 12.6. The summed E-state index contributed by atoms with van der Waals surface area (Å²) in [6.07, 6.45) is 0.806. The molecule has 0 bridgehead atoms. The van der Waals surface area contributed by atoms with Crippen LogP contribution in [0.25, 0.3) is 11.1 Å². The molecule has 0 heterocycles. The molecule has 22 heavy (non-hydrogen) atoms. The van der Waals surface area contributed by atoms with Gasteiger partial charge in [0.05, 0.1) is 0 Å². The van der Waals surface area contributed by atoms with Crippen LogP contribution in [0.5, 0.6) is 0 Å². The molecule has 0 amide bonds. The van der Waals surface area contributed by atoms with Crippen LogP contribution in [0.15, 0.2) is 66.7 Å². The Morgan fingerprint density at radius 3 is 2.23 bits per heavy atom.